The van der Waals surface area contributed by atoms with Gasteiger partial charge in [-0.3, -0.25) is 0 Å². The fourth-order valence-corrected chi connectivity index (χ4v) is 2.98. The maximum absolute atomic E-state index is 2.51. The Labute approximate surface area is 96.8 Å². The van der Waals surface area contributed by atoms with Crippen LogP contribution in [0.1, 0.15) is 74.1 Å². The summed E-state index contributed by atoms with van der Waals surface area (Å²) in [4.78, 5) is 0. The minimum atomic E-state index is 0.455. The van der Waals surface area contributed by atoms with Crippen LogP contribution in [0.5, 0.6) is 0 Å². The van der Waals surface area contributed by atoms with Gasteiger partial charge < -0.3 is 0 Å². The zero-order valence-corrected chi connectivity index (χ0v) is 11.9. The molecule has 0 heterocycles. The summed E-state index contributed by atoms with van der Waals surface area (Å²) in [7, 11) is 0. The lowest BCUT2D eigenvalue weighted by atomic mass is 9.56. The first-order chi connectivity index (χ1) is 6.57. The molecule has 0 N–H and O–H groups in total. The van der Waals surface area contributed by atoms with E-state index in [-0.39, 0.29) is 0 Å². The Morgan fingerprint density at radius 2 is 1.27 bits per heavy atom. The monoisotopic (exact) mass is 210 g/mol. The van der Waals surface area contributed by atoms with Crippen LogP contribution in [0.15, 0.2) is 0 Å². The molecule has 1 fully saturated rings. The van der Waals surface area contributed by atoms with Crippen LogP contribution in [0, 0.1) is 22.2 Å². The SMILES string of the molecule is CC(C(C)(C)C)C1(C)CCC(C)(C)CC1. The van der Waals surface area contributed by atoms with E-state index in [2.05, 4.69) is 48.5 Å². The summed E-state index contributed by atoms with van der Waals surface area (Å²) >= 11 is 0. The minimum Gasteiger partial charge on any atom is -0.0615 e. The van der Waals surface area contributed by atoms with Gasteiger partial charge in [0.15, 0.2) is 0 Å². The van der Waals surface area contributed by atoms with Gasteiger partial charge in [0.25, 0.3) is 0 Å². The van der Waals surface area contributed by atoms with Crippen molar-refractivity contribution in [3.05, 3.63) is 0 Å². The average molecular weight is 210 g/mol. The number of rotatable bonds is 1. The molecule has 1 unspecified atom stereocenters. The van der Waals surface area contributed by atoms with E-state index >= 15 is 0 Å². The molecular weight excluding hydrogens is 180 g/mol. The molecule has 1 aliphatic carbocycles. The van der Waals surface area contributed by atoms with E-state index in [4.69, 9.17) is 0 Å². The van der Waals surface area contributed by atoms with Gasteiger partial charge in [-0.25, -0.2) is 0 Å². The molecule has 0 aromatic heterocycles. The quantitative estimate of drug-likeness (QED) is 0.552. The van der Waals surface area contributed by atoms with Crippen LogP contribution in [0.25, 0.3) is 0 Å². The second-order valence-electron chi connectivity index (χ2n) is 7.91. The van der Waals surface area contributed by atoms with Crippen molar-refractivity contribution in [1.29, 1.82) is 0 Å². The maximum atomic E-state index is 2.51. The van der Waals surface area contributed by atoms with E-state index in [1.165, 1.54) is 25.7 Å². The summed E-state index contributed by atoms with van der Waals surface area (Å²) in [6.45, 7) is 17.0. The van der Waals surface area contributed by atoms with Gasteiger partial charge in [-0.2, -0.15) is 0 Å². The van der Waals surface area contributed by atoms with Crippen molar-refractivity contribution in [2.24, 2.45) is 22.2 Å². The predicted molar refractivity (Wildman–Crippen MR) is 69.0 cm³/mol. The van der Waals surface area contributed by atoms with Crippen molar-refractivity contribution < 1.29 is 0 Å². The Hall–Kier alpha value is 0. The number of hydrogen-bond donors (Lipinski definition) is 0. The zero-order valence-electron chi connectivity index (χ0n) is 11.9. The van der Waals surface area contributed by atoms with Crippen molar-refractivity contribution in [2.45, 2.75) is 74.1 Å². The third-order valence-corrected chi connectivity index (χ3v) is 5.09. The first-order valence-electron chi connectivity index (χ1n) is 6.57. The average Bonchev–Trinajstić information content (AvgIpc) is 2.08. The van der Waals surface area contributed by atoms with Gasteiger partial charge in [0, 0.05) is 0 Å². The summed E-state index contributed by atoms with van der Waals surface area (Å²) < 4.78 is 0. The number of hydrogen-bond acceptors (Lipinski definition) is 0. The largest absolute Gasteiger partial charge is 0.0615 e. The van der Waals surface area contributed by atoms with E-state index in [0.29, 0.717) is 16.2 Å². The van der Waals surface area contributed by atoms with Gasteiger partial charge in [0.1, 0.15) is 0 Å². The molecule has 0 bridgehead atoms. The smallest absolute Gasteiger partial charge is 0.0295 e. The van der Waals surface area contributed by atoms with E-state index in [1.807, 2.05) is 0 Å². The topological polar surface area (TPSA) is 0 Å². The molecule has 0 nitrogen and oxygen atoms in total. The van der Waals surface area contributed by atoms with E-state index in [9.17, 15) is 0 Å². The minimum absolute atomic E-state index is 0.455. The molecule has 1 atom stereocenters. The molecule has 0 heteroatoms. The molecule has 0 aromatic rings. The second-order valence-corrected chi connectivity index (χ2v) is 7.91. The third-order valence-electron chi connectivity index (χ3n) is 5.09. The molecule has 0 radical (unpaired) electrons. The second kappa shape index (κ2) is 3.79. The van der Waals surface area contributed by atoms with Gasteiger partial charge in [-0.1, -0.05) is 48.5 Å². The van der Waals surface area contributed by atoms with E-state index < -0.39 is 0 Å². The molecule has 0 spiro atoms. The fraction of sp³-hybridized carbons (Fsp3) is 1.00. The molecule has 90 valence electrons. The molecule has 0 amide bonds. The summed E-state index contributed by atoms with van der Waals surface area (Å²) in [5.74, 6) is 0.820. The van der Waals surface area contributed by atoms with Crippen LogP contribution in [0.2, 0.25) is 0 Å². The normalized spacial score (nSPS) is 27.4. The fourth-order valence-electron chi connectivity index (χ4n) is 2.98. The first kappa shape index (κ1) is 13.1. The molecule has 1 rings (SSSR count). The lowest BCUT2D eigenvalue weighted by molar-refractivity contribution is 0.0144. The standard InChI is InChI=1S/C15H30/c1-12(13(2,3)4)15(7)10-8-14(5,6)9-11-15/h12H,8-11H2,1-7H3. The Balaban J connectivity index is 2.71. The Bertz CT molecular complexity index is 207. The molecule has 1 saturated carbocycles. The van der Waals surface area contributed by atoms with E-state index in [0.717, 1.165) is 5.92 Å². The van der Waals surface area contributed by atoms with Crippen LogP contribution in [0.3, 0.4) is 0 Å². The van der Waals surface area contributed by atoms with Gasteiger partial charge >= 0.3 is 0 Å². The van der Waals surface area contributed by atoms with Crippen LogP contribution in [-0.4, -0.2) is 0 Å². The van der Waals surface area contributed by atoms with Gasteiger partial charge in [-0.15, -0.1) is 0 Å². The highest BCUT2D eigenvalue weighted by molar-refractivity contribution is 4.92. The summed E-state index contributed by atoms with van der Waals surface area (Å²) in [5.41, 5.74) is 1.63. The molecule has 0 aromatic carbocycles. The molecule has 15 heavy (non-hydrogen) atoms. The highest BCUT2D eigenvalue weighted by Gasteiger charge is 2.42. The molecular formula is C15H30. The first-order valence-corrected chi connectivity index (χ1v) is 6.57. The Morgan fingerprint density at radius 3 is 1.60 bits per heavy atom. The molecule has 1 aliphatic rings. The molecule has 0 aliphatic heterocycles. The highest BCUT2D eigenvalue weighted by atomic mass is 14.5. The van der Waals surface area contributed by atoms with Crippen LogP contribution in [0.4, 0.5) is 0 Å². The Morgan fingerprint density at radius 1 is 0.867 bits per heavy atom. The highest BCUT2D eigenvalue weighted by Crippen LogP contribution is 2.52. The maximum Gasteiger partial charge on any atom is -0.0295 e. The Kier molecular flexibility index (Phi) is 3.30. The lowest BCUT2D eigenvalue weighted by Crippen LogP contribution is -2.39. The molecule has 0 saturated heterocycles. The van der Waals surface area contributed by atoms with Gasteiger partial charge in [-0.05, 0) is 47.8 Å². The lowest BCUT2D eigenvalue weighted by Gasteiger charge is -2.49. The summed E-state index contributed by atoms with van der Waals surface area (Å²) in [5, 5.41) is 0. The third kappa shape index (κ3) is 2.98. The van der Waals surface area contributed by atoms with Gasteiger partial charge in [0.05, 0.1) is 0 Å². The van der Waals surface area contributed by atoms with E-state index in [1.54, 1.807) is 0 Å². The van der Waals surface area contributed by atoms with Crippen molar-refractivity contribution in [3.8, 4) is 0 Å². The summed E-state index contributed by atoms with van der Waals surface area (Å²) in [6, 6.07) is 0. The van der Waals surface area contributed by atoms with Crippen LogP contribution < -0.4 is 0 Å². The van der Waals surface area contributed by atoms with Crippen LogP contribution in [-0.2, 0) is 0 Å². The van der Waals surface area contributed by atoms with Crippen molar-refractivity contribution in [3.63, 3.8) is 0 Å². The van der Waals surface area contributed by atoms with Crippen molar-refractivity contribution >= 4 is 0 Å². The predicted octanol–water partition coefficient (Wildman–Crippen LogP) is 5.28. The zero-order chi connectivity index (χ0) is 11.9. The van der Waals surface area contributed by atoms with Crippen molar-refractivity contribution in [1.82, 2.24) is 0 Å². The van der Waals surface area contributed by atoms with Crippen molar-refractivity contribution in [2.75, 3.05) is 0 Å². The van der Waals surface area contributed by atoms with Gasteiger partial charge in [0.2, 0.25) is 0 Å². The summed E-state index contributed by atoms with van der Waals surface area (Å²) in [6.07, 6.45) is 5.64. The van der Waals surface area contributed by atoms with Crippen LogP contribution >= 0.6 is 0 Å².